The Hall–Kier alpha value is -1.76. The average molecular weight is 330 g/mol. The summed E-state index contributed by atoms with van der Waals surface area (Å²) in [4.78, 5) is 18.7. The minimum absolute atomic E-state index is 0.388. The summed E-state index contributed by atoms with van der Waals surface area (Å²) >= 11 is 1.37. The van der Waals surface area contributed by atoms with Crippen LogP contribution in [0.3, 0.4) is 0 Å². The highest BCUT2D eigenvalue weighted by atomic mass is 32.1. The Labute approximate surface area is 140 Å². The minimum atomic E-state index is -0.449. The molecule has 1 fully saturated rings. The molecule has 0 atom stereocenters. The maximum atomic E-state index is 11.1. The molecule has 0 radical (unpaired) electrons. The highest BCUT2D eigenvalue weighted by Gasteiger charge is 2.19. The van der Waals surface area contributed by atoms with Crippen LogP contribution >= 0.6 is 11.3 Å². The normalized spacial score (nSPS) is 16.5. The second-order valence-electron chi connectivity index (χ2n) is 5.91. The molecule has 1 aromatic heterocycles. The molecule has 1 saturated heterocycles. The number of hydrogen-bond donors (Lipinski definition) is 2. The molecule has 0 saturated carbocycles. The van der Waals surface area contributed by atoms with Gasteiger partial charge in [-0.2, -0.15) is 0 Å². The zero-order valence-electron chi connectivity index (χ0n) is 13.1. The third-order valence-electron chi connectivity index (χ3n) is 4.17. The van der Waals surface area contributed by atoms with E-state index in [4.69, 9.17) is 5.73 Å². The first kappa shape index (κ1) is 16.1. The monoisotopic (exact) mass is 330 g/mol. The summed E-state index contributed by atoms with van der Waals surface area (Å²) in [5, 5.41) is 3.95. The first-order chi connectivity index (χ1) is 11.2. The number of carbonyl (C=O) groups excluding carboxylic acids is 1. The molecule has 0 spiro atoms. The second-order valence-corrected chi connectivity index (χ2v) is 7.03. The van der Waals surface area contributed by atoms with Gasteiger partial charge in [0.1, 0.15) is 0 Å². The molecule has 3 N–H and O–H groups in total. The van der Waals surface area contributed by atoms with Crippen molar-refractivity contribution in [3.8, 4) is 0 Å². The van der Waals surface area contributed by atoms with Gasteiger partial charge in [-0.25, -0.2) is 4.98 Å². The Morgan fingerprint density at radius 2 is 2.04 bits per heavy atom. The number of amides is 1. The third-order valence-corrected chi connectivity index (χ3v) is 5.18. The summed E-state index contributed by atoms with van der Waals surface area (Å²) in [6, 6.07) is 11.1. The lowest BCUT2D eigenvalue weighted by Crippen LogP contribution is -2.41. The quantitative estimate of drug-likeness (QED) is 0.850. The van der Waals surface area contributed by atoms with Gasteiger partial charge in [-0.3, -0.25) is 9.69 Å². The Morgan fingerprint density at radius 3 is 2.70 bits per heavy atom. The number of likely N-dealkylation sites (tertiary alicyclic amines) is 1. The highest BCUT2D eigenvalue weighted by molar-refractivity contribution is 7.13. The van der Waals surface area contributed by atoms with Crippen LogP contribution < -0.4 is 11.1 Å². The first-order valence-corrected chi connectivity index (χ1v) is 8.76. The maximum absolute atomic E-state index is 11.1. The van der Waals surface area contributed by atoms with Gasteiger partial charge in [0.25, 0.3) is 5.91 Å². The van der Waals surface area contributed by atoms with Gasteiger partial charge < -0.3 is 11.1 Å². The topological polar surface area (TPSA) is 71.2 Å². The number of aromatic nitrogens is 1. The number of carbonyl (C=O) groups is 1. The molecule has 2 aromatic rings. The van der Waals surface area contributed by atoms with Crippen molar-refractivity contribution in [1.82, 2.24) is 15.2 Å². The molecular weight excluding hydrogens is 308 g/mol. The largest absolute Gasteiger partial charge is 0.364 e. The number of nitrogens with two attached hydrogens (primary N) is 1. The molecule has 1 amide bonds. The fourth-order valence-corrected chi connectivity index (χ4v) is 3.60. The summed E-state index contributed by atoms with van der Waals surface area (Å²) in [6.07, 6.45) is 4.03. The van der Waals surface area contributed by atoms with Crippen LogP contribution in [0, 0.1) is 0 Å². The zero-order chi connectivity index (χ0) is 16.1. The minimum Gasteiger partial charge on any atom is -0.364 e. The zero-order valence-corrected chi connectivity index (χ0v) is 13.9. The maximum Gasteiger partial charge on any atom is 0.277 e. The van der Waals surface area contributed by atoms with Crippen LogP contribution in [0.5, 0.6) is 0 Å². The molecule has 5 nitrogen and oxygen atoms in total. The van der Waals surface area contributed by atoms with Gasteiger partial charge in [-0.15, -0.1) is 11.3 Å². The van der Waals surface area contributed by atoms with Gasteiger partial charge in [-0.05, 0) is 31.5 Å². The van der Waals surface area contributed by atoms with Gasteiger partial charge in [0.2, 0.25) is 0 Å². The van der Waals surface area contributed by atoms with E-state index in [0.717, 1.165) is 43.9 Å². The van der Waals surface area contributed by atoms with Crippen LogP contribution in [-0.4, -0.2) is 34.9 Å². The van der Waals surface area contributed by atoms with Crippen LogP contribution in [0.1, 0.15) is 33.1 Å². The number of nitrogens with one attached hydrogen (secondary N) is 1. The standard InChI is InChI=1S/C17H22N4OS/c18-16(22)17-20-11-15(23-17)10-19-14-6-8-21(9-7-14)12-13-4-2-1-3-5-13/h1-5,11,14,19H,6-10,12H2,(H2,18,22). The van der Waals surface area contributed by atoms with Crippen LogP contribution in [0.2, 0.25) is 0 Å². The molecule has 3 rings (SSSR count). The number of benzene rings is 1. The van der Waals surface area contributed by atoms with E-state index in [2.05, 4.69) is 45.5 Å². The molecule has 2 heterocycles. The second kappa shape index (κ2) is 7.68. The van der Waals surface area contributed by atoms with Crippen molar-refractivity contribution in [3.05, 3.63) is 52.0 Å². The molecule has 1 aliphatic rings. The molecule has 1 aromatic carbocycles. The van der Waals surface area contributed by atoms with E-state index in [0.29, 0.717) is 11.0 Å². The van der Waals surface area contributed by atoms with E-state index in [9.17, 15) is 4.79 Å². The summed E-state index contributed by atoms with van der Waals surface area (Å²) in [5.41, 5.74) is 6.61. The third kappa shape index (κ3) is 4.60. The van der Waals surface area contributed by atoms with E-state index in [1.54, 1.807) is 6.20 Å². The number of piperidine rings is 1. The number of primary amides is 1. The molecule has 0 unspecified atom stereocenters. The smallest absolute Gasteiger partial charge is 0.277 e. The van der Waals surface area contributed by atoms with Gasteiger partial charge in [0.15, 0.2) is 5.01 Å². The van der Waals surface area contributed by atoms with Crippen molar-refractivity contribution in [1.29, 1.82) is 0 Å². The van der Waals surface area contributed by atoms with Crippen LogP contribution in [0.4, 0.5) is 0 Å². The molecule has 0 aliphatic carbocycles. The van der Waals surface area contributed by atoms with Gasteiger partial charge >= 0.3 is 0 Å². The van der Waals surface area contributed by atoms with Crippen LogP contribution in [0.15, 0.2) is 36.5 Å². The molecule has 1 aliphatic heterocycles. The number of thiazole rings is 1. The van der Waals surface area contributed by atoms with Crippen molar-refractivity contribution in [3.63, 3.8) is 0 Å². The predicted octanol–water partition coefficient (Wildman–Crippen LogP) is 2.00. The van der Waals surface area contributed by atoms with Crippen molar-refractivity contribution >= 4 is 17.2 Å². The summed E-state index contributed by atoms with van der Waals surface area (Å²) < 4.78 is 0. The van der Waals surface area contributed by atoms with Crippen molar-refractivity contribution in [2.75, 3.05) is 13.1 Å². The molecular formula is C17H22N4OS. The number of hydrogen-bond acceptors (Lipinski definition) is 5. The van der Waals surface area contributed by atoms with Gasteiger partial charge in [-0.1, -0.05) is 30.3 Å². The average Bonchev–Trinajstić information content (AvgIpc) is 3.04. The van der Waals surface area contributed by atoms with E-state index < -0.39 is 5.91 Å². The lowest BCUT2D eigenvalue weighted by Gasteiger charge is -2.32. The predicted molar refractivity (Wildman–Crippen MR) is 92.2 cm³/mol. The Balaban J connectivity index is 1.41. The fourth-order valence-electron chi connectivity index (χ4n) is 2.88. The summed E-state index contributed by atoms with van der Waals surface area (Å²) in [6.45, 7) is 4.02. The lowest BCUT2D eigenvalue weighted by molar-refractivity contribution is 0.1000. The van der Waals surface area contributed by atoms with E-state index in [1.807, 2.05) is 0 Å². The lowest BCUT2D eigenvalue weighted by atomic mass is 10.0. The van der Waals surface area contributed by atoms with E-state index >= 15 is 0 Å². The Bertz CT molecular complexity index is 635. The van der Waals surface area contributed by atoms with Gasteiger partial charge in [0.05, 0.1) is 0 Å². The number of rotatable bonds is 6. The van der Waals surface area contributed by atoms with Crippen molar-refractivity contribution < 1.29 is 4.79 Å². The Kier molecular flexibility index (Phi) is 5.38. The molecule has 23 heavy (non-hydrogen) atoms. The van der Waals surface area contributed by atoms with Crippen LogP contribution in [-0.2, 0) is 13.1 Å². The SMILES string of the molecule is NC(=O)c1ncc(CNC2CCN(Cc3ccccc3)CC2)s1. The van der Waals surface area contributed by atoms with Crippen molar-refractivity contribution in [2.24, 2.45) is 5.73 Å². The molecule has 122 valence electrons. The first-order valence-electron chi connectivity index (χ1n) is 7.95. The fraction of sp³-hybridized carbons (Fsp3) is 0.412. The molecule has 0 bridgehead atoms. The summed E-state index contributed by atoms with van der Waals surface area (Å²) in [5.74, 6) is -0.449. The van der Waals surface area contributed by atoms with Crippen LogP contribution in [0.25, 0.3) is 0 Å². The highest BCUT2D eigenvalue weighted by Crippen LogP contribution is 2.16. The van der Waals surface area contributed by atoms with E-state index in [-0.39, 0.29) is 0 Å². The summed E-state index contributed by atoms with van der Waals surface area (Å²) in [7, 11) is 0. The van der Waals surface area contributed by atoms with Crippen molar-refractivity contribution in [2.45, 2.75) is 32.0 Å². The van der Waals surface area contributed by atoms with E-state index in [1.165, 1.54) is 16.9 Å². The Morgan fingerprint density at radius 1 is 1.30 bits per heavy atom. The van der Waals surface area contributed by atoms with Gasteiger partial charge in [0, 0.05) is 30.2 Å². The molecule has 6 heteroatoms. The number of nitrogens with zero attached hydrogens (tertiary/aromatic N) is 2.